The first-order valence-corrected chi connectivity index (χ1v) is 8.22. The van der Waals surface area contributed by atoms with E-state index in [1.165, 1.54) is 49.7 Å². The molecule has 114 valence electrons. The quantitative estimate of drug-likeness (QED) is 0.813. The molecule has 0 radical (unpaired) electrons. The molecule has 0 spiro atoms. The number of hydrogen-bond donors (Lipinski definition) is 0. The normalized spacial score (nSPS) is 21.1. The molecule has 1 unspecified atom stereocenters. The highest BCUT2D eigenvalue weighted by Crippen LogP contribution is 2.42. The van der Waals surface area contributed by atoms with Gasteiger partial charge in [-0.25, -0.2) is 0 Å². The molecule has 2 heterocycles. The lowest BCUT2D eigenvalue weighted by Crippen LogP contribution is -3.00. The van der Waals surface area contributed by atoms with Gasteiger partial charge in [0.05, 0.1) is 6.04 Å². The van der Waals surface area contributed by atoms with Crippen molar-refractivity contribution in [2.24, 2.45) is 0 Å². The van der Waals surface area contributed by atoms with Crippen LogP contribution >= 0.6 is 11.6 Å². The van der Waals surface area contributed by atoms with Gasteiger partial charge in [0.15, 0.2) is 0 Å². The standard InChI is InChI=1S/C17H21ClN2.ClH/c1-2-8-19-9-10-20-15-7-6-12(18)11-14(15)13-4-3-5-16(19)17(13)20;/h6-7,11,16H,2-5,8-10H2,1H3;1H. The van der Waals surface area contributed by atoms with Crippen molar-refractivity contribution in [3.8, 4) is 0 Å². The van der Waals surface area contributed by atoms with E-state index in [4.69, 9.17) is 11.6 Å². The molecule has 0 amide bonds. The summed E-state index contributed by atoms with van der Waals surface area (Å²) in [7, 11) is 0. The molecule has 1 atom stereocenters. The molecule has 2 nitrogen and oxygen atoms in total. The molecule has 2 aromatic rings. The molecule has 1 aliphatic heterocycles. The maximum absolute atomic E-state index is 6.22. The van der Waals surface area contributed by atoms with Crippen molar-refractivity contribution in [3.63, 3.8) is 0 Å². The first-order valence-electron chi connectivity index (χ1n) is 7.84. The predicted octanol–water partition coefficient (Wildman–Crippen LogP) is 1.51. The maximum Gasteiger partial charge on any atom is 1.00 e. The van der Waals surface area contributed by atoms with E-state index in [0.717, 1.165) is 11.6 Å². The van der Waals surface area contributed by atoms with Gasteiger partial charge in [0.2, 0.25) is 0 Å². The van der Waals surface area contributed by atoms with Crippen LogP contribution in [0, 0.1) is 0 Å². The van der Waals surface area contributed by atoms with E-state index in [1.807, 2.05) is 6.07 Å². The van der Waals surface area contributed by atoms with Gasteiger partial charge in [-0.3, -0.25) is 4.90 Å². The summed E-state index contributed by atoms with van der Waals surface area (Å²) in [6.45, 7) is 5.83. The minimum absolute atomic E-state index is 0. The Balaban J connectivity index is 0.000000882. The van der Waals surface area contributed by atoms with Crippen LogP contribution in [-0.4, -0.2) is 22.6 Å². The Kier molecular flexibility index (Phi) is 4.22. The van der Waals surface area contributed by atoms with Crippen LogP contribution in [0.2, 0.25) is 5.02 Å². The summed E-state index contributed by atoms with van der Waals surface area (Å²) >= 11 is 6.22. The molecule has 0 fully saturated rings. The Hall–Kier alpha value is -0.700. The van der Waals surface area contributed by atoms with E-state index in [1.54, 1.807) is 11.3 Å². The number of aryl methyl sites for hydroxylation is 1. The lowest BCUT2D eigenvalue weighted by atomic mass is 9.89. The largest absolute Gasteiger partial charge is 1.00 e. The Morgan fingerprint density at radius 1 is 1.33 bits per heavy atom. The van der Waals surface area contributed by atoms with Gasteiger partial charge in [0, 0.05) is 34.7 Å². The summed E-state index contributed by atoms with van der Waals surface area (Å²) in [6, 6.07) is 7.05. The van der Waals surface area contributed by atoms with Crippen molar-refractivity contribution in [1.82, 2.24) is 9.47 Å². The minimum Gasteiger partial charge on any atom is -1.00 e. The summed E-state index contributed by atoms with van der Waals surface area (Å²) in [5, 5.41) is 2.26. The molecule has 2 aliphatic rings. The smallest absolute Gasteiger partial charge is 1.00 e. The topological polar surface area (TPSA) is 8.17 Å². The van der Waals surface area contributed by atoms with Gasteiger partial charge in [-0.1, -0.05) is 18.5 Å². The number of fused-ring (bicyclic) bond motifs is 3. The van der Waals surface area contributed by atoms with Crippen LogP contribution in [0.5, 0.6) is 0 Å². The number of benzene rings is 1. The molecule has 0 saturated carbocycles. The Bertz CT molecular complexity index is 668. The lowest BCUT2D eigenvalue weighted by molar-refractivity contribution is -0.00000398. The Labute approximate surface area is 139 Å². The zero-order chi connectivity index (χ0) is 13.7. The second kappa shape index (κ2) is 5.83. The van der Waals surface area contributed by atoms with Gasteiger partial charge in [-0.2, -0.15) is 0 Å². The van der Waals surface area contributed by atoms with Gasteiger partial charge in [0.25, 0.3) is 0 Å². The highest BCUT2D eigenvalue weighted by Gasteiger charge is 2.34. The fourth-order valence-electron chi connectivity index (χ4n) is 4.20. The van der Waals surface area contributed by atoms with E-state index < -0.39 is 0 Å². The van der Waals surface area contributed by atoms with Crippen LogP contribution in [0.4, 0.5) is 0 Å². The van der Waals surface area contributed by atoms with Crippen molar-refractivity contribution in [1.29, 1.82) is 0 Å². The minimum atomic E-state index is 0. The summed E-state index contributed by atoms with van der Waals surface area (Å²) in [6.07, 6.45) is 5.09. The monoisotopic (exact) mass is 324 g/mol. The molecular weight excluding hydrogens is 303 g/mol. The molecular formula is C17H22Cl2N2. The van der Waals surface area contributed by atoms with Gasteiger partial charge in [-0.05, 0) is 56.0 Å². The fourth-order valence-corrected chi connectivity index (χ4v) is 4.38. The van der Waals surface area contributed by atoms with Crippen LogP contribution in [-0.2, 0) is 13.0 Å². The number of rotatable bonds is 2. The molecule has 1 aromatic carbocycles. The van der Waals surface area contributed by atoms with Crippen LogP contribution < -0.4 is 12.4 Å². The maximum atomic E-state index is 6.22. The zero-order valence-corrected chi connectivity index (χ0v) is 13.9. The van der Waals surface area contributed by atoms with Crippen LogP contribution in [0.3, 0.4) is 0 Å². The Morgan fingerprint density at radius 2 is 2.19 bits per heavy atom. The van der Waals surface area contributed by atoms with E-state index in [2.05, 4.69) is 28.5 Å². The van der Waals surface area contributed by atoms with Crippen molar-refractivity contribution >= 4 is 22.5 Å². The van der Waals surface area contributed by atoms with Crippen molar-refractivity contribution < 1.29 is 13.8 Å². The molecule has 4 rings (SSSR count). The second-order valence-electron chi connectivity index (χ2n) is 6.12. The van der Waals surface area contributed by atoms with E-state index in [0.29, 0.717) is 6.04 Å². The Morgan fingerprint density at radius 3 is 3.00 bits per heavy atom. The highest BCUT2D eigenvalue weighted by atomic mass is 35.5. The van der Waals surface area contributed by atoms with Gasteiger partial charge in [-0.15, -0.1) is 0 Å². The van der Waals surface area contributed by atoms with E-state index in [9.17, 15) is 0 Å². The average Bonchev–Trinajstić information content (AvgIpc) is 2.78. The summed E-state index contributed by atoms with van der Waals surface area (Å²) < 4.78 is 2.57. The molecule has 4 heteroatoms. The number of nitrogens with zero attached hydrogens (tertiary/aromatic N) is 2. The SMILES string of the molecule is CCCN1CCn2c3c(c4cc(Cl)ccc42)CCCC31.[Cl-].[H+]. The molecule has 0 bridgehead atoms. The average molecular weight is 325 g/mol. The molecule has 1 aliphatic carbocycles. The van der Waals surface area contributed by atoms with Crippen LogP contribution in [0.1, 0.15) is 44.9 Å². The summed E-state index contributed by atoms with van der Waals surface area (Å²) in [5.41, 5.74) is 4.55. The molecule has 1 aromatic heterocycles. The third kappa shape index (κ3) is 2.28. The van der Waals surface area contributed by atoms with Gasteiger partial charge < -0.3 is 17.0 Å². The van der Waals surface area contributed by atoms with E-state index in [-0.39, 0.29) is 13.8 Å². The molecule has 21 heavy (non-hydrogen) atoms. The lowest BCUT2D eigenvalue weighted by Gasteiger charge is -2.39. The molecule has 0 saturated heterocycles. The summed E-state index contributed by atoms with van der Waals surface area (Å²) in [5.74, 6) is 0. The molecule has 0 N–H and O–H groups in total. The zero-order valence-electron chi connectivity index (χ0n) is 13.4. The fraction of sp³-hybridized carbons (Fsp3) is 0.529. The third-order valence-corrected chi connectivity index (χ3v) is 5.19. The number of aromatic nitrogens is 1. The second-order valence-corrected chi connectivity index (χ2v) is 6.56. The van der Waals surface area contributed by atoms with Gasteiger partial charge >= 0.3 is 1.43 Å². The van der Waals surface area contributed by atoms with E-state index >= 15 is 0 Å². The predicted molar refractivity (Wildman–Crippen MR) is 85.6 cm³/mol. The van der Waals surface area contributed by atoms with Crippen LogP contribution in [0.15, 0.2) is 18.2 Å². The summed E-state index contributed by atoms with van der Waals surface area (Å²) in [4.78, 5) is 2.69. The first-order chi connectivity index (χ1) is 9.79. The van der Waals surface area contributed by atoms with Crippen molar-refractivity contribution in [2.75, 3.05) is 13.1 Å². The first kappa shape index (κ1) is 15.2. The number of halogens is 2. The van der Waals surface area contributed by atoms with Crippen molar-refractivity contribution in [2.45, 2.75) is 45.2 Å². The highest BCUT2D eigenvalue weighted by molar-refractivity contribution is 6.31. The third-order valence-electron chi connectivity index (χ3n) is 4.96. The number of hydrogen-bond acceptors (Lipinski definition) is 1. The van der Waals surface area contributed by atoms with Crippen molar-refractivity contribution in [3.05, 3.63) is 34.5 Å². The van der Waals surface area contributed by atoms with Crippen LogP contribution in [0.25, 0.3) is 10.9 Å². The van der Waals surface area contributed by atoms with Gasteiger partial charge in [0.1, 0.15) is 0 Å².